The van der Waals surface area contributed by atoms with E-state index in [2.05, 4.69) is 0 Å². The SMILES string of the molecule is Nc1cccc(C(=O)COC(=O)c2ccc(N3C(=O)CCC3=O)cc2)c1. The summed E-state index contributed by atoms with van der Waals surface area (Å²) in [4.78, 5) is 48.6. The van der Waals surface area contributed by atoms with Crippen molar-refractivity contribution in [2.45, 2.75) is 12.8 Å². The summed E-state index contributed by atoms with van der Waals surface area (Å²) in [6.45, 7) is -0.410. The van der Waals surface area contributed by atoms with Gasteiger partial charge in [0, 0.05) is 24.1 Å². The number of carbonyl (C=O) groups is 4. The van der Waals surface area contributed by atoms with Gasteiger partial charge in [-0.25, -0.2) is 4.79 Å². The normalized spacial score (nSPS) is 13.8. The van der Waals surface area contributed by atoms with Crippen LogP contribution >= 0.6 is 0 Å². The van der Waals surface area contributed by atoms with Crippen molar-refractivity contribution in [3.05, 3.63) is 59.7 Å². The van der Waals surface area contributed by atoms with Crippen LogP contribution in [-0.2, 0) is 14.3 Å². The number of hydrogen-bond acceptors (Lipinski definition) is 6. The van der Waals surface area contributed by atoms with Gasteiger partial charge in [0.1, 0.15) is 0 Å². The van der Waals surface area contributed by atoms with Gasteiger partial charge in [-0.05, 0) is 36.4 Å². The van der Waals surface area contributed by atoms with E-state index in [9.17, 15) is 19.2 Å². The standard InChI is InChI=1S/C19H16N2O5/c20-14-3-1-2-13(10-14)16(22)11-26-19(25)12-4-6-15(7-5-12)21-17(23)8-9-18(21)24/h1-7,10H,8-9,11,20H2. The second kappa shape index (κ2) is 7.18. The number of nitrogens with zero attached hydrogens (tertiary/aromatic N) is 1. The van der Waals surface area contributed by atoms with E-state index in [1.165, 1.54) is 30.3 Å². The van der Waals surface area contributed by atoms with Crippen molar-refractivity contribution in [1.82, 2.24) is 0 Å². The number of hydrogen-bond donors (Lipinski definition) is 1. The molecule has 1 saturated heterocycles. The number of ketones is 1. The lowest BCUT2D eigenvalue weighted by Gasteiger charge is -2.14. The molecule has 2 aromatic rings. The maximum Gasteiger partial charge on any atom is 0.338 e. The Bertz CT molecular complexity index is 873. The molecule has 1 aliphatic rings. The summed E-state index contributed by atoms with van der Waals surface area (Å²) in [5.74, 6) is -1.57. The van der Waals surface area contributed by atoms with Crippen LogP contribution in [0, 0.1) is 0 Å². The lowest BCUT2D eigenvalue weighted by atomic mass is 10.1. The fraction of sp³-hybridized carbons (Fsp3) is 0.158. The van der Waals surface area contributed by atoms with E-state index in [-0.39, 0.29) is 36.0 Å². The molecule has 0 spiro atoms. The van der Waals surface area contributed by atoms with Crippen LogP contribution in [0.1, 0.15) is 33.6 Å². The van der Waals surface area contributed by atoms with Crippen molar-refractivity contribution in [2.75, 3.05) is 17.2 Å². The monoisotopic (exact) mass is 352 g/mol. The van der Waals surface area contributed by atoms with Crippen molar-refractivity contribution in [3.8, 4) is 0 Å². The Morgan fingerprint density at radius 1 is 0.962 bits per heavy atom. The first kappa shape index (κ1) is 17.3. The molecule has 3 rings (SSSR count). The molecule has 1 heterocycles. The number of nitrogens with two attached hydrogens (primary N) is 1. The van der Waals surface area contributed by atoms with Crippen molar-refractivity contribution in [2.24, 2.45) is 0 Å². The van der Waals surface area contributed by atoms with E-state index in [1.54, 1.807) is 18.2 Å². The van der Waals surface area contributed by atoms with Gasteiger partial charge in [-0.3, -0.25) is 19.3 Å². The summed E-state index contributed by atoms with van der Waals surface area (Å²) in [6, 6.07) is 12.3. The molecule has 0 unspecified atom stereocenters. The number of ether oxygens (including phenoxy) is 1. The van der Waals surface area contributed by atoms with E-state index in [0.717, 1.165) is 4.90 Å². The summed E-state index contributed by atoms with van der Waals surface area (Å²) in [5.41, 5.74) is 7.05. The van der Waals surface area contributed by atoms with Gasteiger partial charge in [0.2, 0.25) is 11.8 Å². The zero-order valence-corrected chi connectivity index (χ0v) is 13.8. The van der Waals surface area contributed by atoms with Gasteiger partial charge in [0.15, 0.2) is 12.4 Å². The third-order valence-corrected chi connectivity index (χ3v) is 3.96. The van der Waals surface area contributed by atoms with E-state index >= 15 is 0 Å². The van der Waals surface area contributed by atoms with Crippen LogP contribution in [0.15, 0.2) is 48.5 Å². The quantitative estimate of drug-likeness (QED) is 0.381. The molecular weight excluding hydrogens is 336 g/mol. The number of anilines is 2. The third kappa shape index (κ3) is 3.61. The van der Waals surface area contributed by atoms with Crippen molar-refractivity contribution < 1.29 is 23.9 Å². The van der Waals surface area contributed by atoms with E-state index in [4.69, 9.17) is 10.5 Å². The molecule has 0 aliphatic carbocycles. The molecule has 132 valence electrons. The summed E-state index contributed by atoms with van der Waals surface area (Å²) in [5, 5.41) is 0. The Kier molecular flexibility index (Phi) is 4.79. The summed E-state index contributed by atoms with van der Waals surface area (Å²) in [7, 11) is 0. The third-order valence-electron chi connectivity index (χ3n) is 3.96. The van der Waals surface area contributed by atoms with E-state index < -0.39 is 12.6 Å². The van der Waals surface area contributed by atoms with E-state index in [1.807, 2.05) is 0 Å². The van der Waals surface area contributed by atoms with Crippen LogP contribution in [0.2, 0.25) is 0 Å². The molecule has 2 aromatic carbocycles. The van der Waals surface area contributed by atoms with Gasteiger partial charge < -0.3 is 10.5 Å². The minimum Gasteiger partial charge on any atom is -0.454 e. The maximum atomic E-state index is 12.1. The first-order valence-corrected chi connectivity index (χ1v) is 7.97. The number of amides is 2. The Balaban J connectivity index is 1.62. The van der Waals surface area contributed by atoms with Gasteiger partial charge in [-0.2, -0.15) is 0 Å². The second-order valence-corrected chi connectivity index (χ2v) is 5.79. The average molecular weight is 352 g/mol. The molecule has 2 N–H and O–H groups in total. The number of carbonyl (C=O) groups excluding carboxylic acids is 4. The molecule has 26 heavy (non-hydrogen) atoms. The highest BCUT2D eigenvalue weighted by Crippen LogP contribution is 2.23. The Hall–Kier alpha value is -3.48. The number of Topliss-reactive ketones (excluding diaryl/α,β-unsaturated/α-hetero) is 1. The number of rotatable bonds is 5. The van der Waals surface area contributed by atoms with Crippen LogP contribution in [0.5, 0.6) is 0 Å². The minimum atomic E-state index is -0.673. The lowest BCUT2D eigenvalue weighted by Crippen LogP contribution is -2.28. The number of esters is 1. The molecule has 0 saturated carbocycles. The molecule has 0 aromatic heterocycles. The van der Waals surface area contributed by atoms with Crippen molar-refractivity contribution >= 4 is 34.9 Å². The topological polar surface area (TPSA) is 107 Å². The molecule has 7 nitrogen and oxygen atoms in total. The molecule has 7 heteroatoms. The zero-order chi connectivity index (χ0) is 18.7. The fourth-order valence-corrected chi connectivity index (χ4v) is 2.62. The zero-order valence-electron chi connectivity index (χ0n) is 13.8. The van der Waals surface area contributed by atoms with Gasteiger partial charge in [-0.1, -0.05) is 12.1 Å². The van der Waals surface area contributed by atoms with E-state index in [0.29, 0.717) is 16.9 Å². The first-order valence-electron chi connectivity index (χ1n) is 7.97. The minimum absolute atomic E-state index is 0.189. The first-order chi connectivity index (χ1) is 12.5. The largest absolute Gasteiger partial charge is 0.454 e. The predicted molar refractivity (Wildman–Crippen MR) is 93.6 cm³/mol. The van der Waals surface area contributed by atoms with Crippen LogP contribution < -0.4 is 10.6 Å². The van der Waals surface area contributed by atoms with Crippen molar-refractivity contribution in [1.29, 1.82) is 0 Å². The van der Waals surface area contributed by atoms with Crippen LogP contribution in [0.25, 0.3) is 0 Å². The summed E-state index contributed by atoms with van der Waals surface area (Å²) < 4.78 is 5.01. The lowest BCUT2D eigenvalue weighted by molar-refractivity contribution is -0.121. The van der Waals surface area contributed by atoms with Gasteiger partial charge >= 0.3 is 5.97 Å². The Morgan fingerprint density at radius 3 is 2.23 bits per heavy atom. The van der Waals surface area contributed by atoms with Crippen LogP contribution in [-0.4, -0.2) is 30.2 Å². The number of benzene rings is 2. The molecule has 2 amide bonds. The van der Waals surface area contributed by atoms with Crippen molar-refractivity contribution in [3.63, 3.8) is 0 Å². The van der Waals surface area contributed by atoms with Crippen LogP contribution in [0.3, 0.4) is 0 Å². The highest BCUT2D eigenvalue weighted by atomic mass is 16.5. The molecule has 0 radical (unpaired) electrons. The fourth-order valence-electron chi connectivity index (χ4n) is 2.62. The average Bonchev–Trinajstić information content (AvgIpc) is 2.98. The second-order valence-electron chi connectivity index (χ2n) is 5.79. The highest BCUT2D eigenvalue weighted by Gasteiger charge is 2.30. The highest BCUT2D eigenvalue weighted by molar-refractivity contribution is 6.19. The number of nitrogen functional groups attached to an aromatic ring is 1. The maximum absolute atomic E-state index is 12.1. The summed E-state index contributed by atoms with van der Waals surface area (Å²) in [6.07, 6.45) is 0.378. The molecule has 1 fully saturated rings. The molecule has 0 atom stereocenters. The predicted octanol–water partition coefficient (Wildman–Crippen LogP) is 1.96. The van der Waals surface area contributed by atoms with Gasteiger partial charge in [0.05, 0.1) is 11.3 Å². The van der Waals surface area contributed by atoms with Gasteiger partial charge in [-0.15, -0.1) is 0 Å². The smallest absolute Gasteiger partial charge is 0.338 e. The molecular formula is C19H16N2O5. The Labute approximate surface area is 149 Å². The number of imide groups is 1. The summed E-state index contributed by atoms with van der Waals surface area (Å²) >= 11 is 0. The van der Waals surface area contributed by atoms with Gasteiger partial charge in [0.25, 0.3) is 0 Å². The van der Waals surface area contributed by atoms with Crippen LogP contribution in [0.4, 0.5) is 11.4 Å². The molecule has 0 bridgehead atoms. The molecule has 1 aliphatic heterocycles. The Morgan fingerprint density at radius 2 is 1.62 bits per heavy atom.